The zero-order valence-corrected chi connectivity index (χ0v) is 7.62. The van der Waals surface area contributed by atoms with E-state index in [0.717, 1.165) is 0 Å². The highest BCUT2D eigenvalue weighted by atomic mass is 16.6. The van der Waals surface area contributed by atoms with Crippen molar-refractivity contribution >= 4 is 5.69 Å². The van der Waals surface area contributed by atoms with Gasteiger partial charge in [0.1, 0.15) is 0 Å². The lowest BCUT2D eigenvalue weighted by molar-refractivity contribution is -0.475. The zero-order valence-electron chi connectivity index (χ0n) is 7.62. The topological polar surface area (TPSA) is 86.3 Å². The van der Waals surface area contributed by atoms with E-state index >= 15 is 0 Å². The van der Waals surface area contributed by atoms with E-state index in [1.165, 1.54) is 19.1 Å². The maximum Gasteiger partial charge on any atom is 0.269 e. The number of para-hydroxylation sites is 1. The van der Waals surface area contributed by atoms with E-state index in [9.17, 15) is 20.2 Å². The molecule has 0 spiro atoms. The van der Waals surface area contributed by atoms with Gasteiger partial charge in [0.15, 0.2) is 0 Å². The Bertz CT molecular complexity index is 299. The highest BCUT2D eigenvalue weighted by Crippen LogP contribution is 2.06. The summed E-state index contributed by atoms with van der Waals surface area (Å²) in [4.78, 5) is 18.4. The van der Waals surface area contributed by atoms with Gasteiger partial charge in [-0.3, -0.25) is 20.2 Å². The number of non-ortho nitro benzene ring substituents is 1. The zero-order chi connectivity index (χ0) is 11.0. The predicted molar refractivity (Wildman–Crippen MR) is 50.6 cm³/mol. The predicted octanol–water partition coefficient (Wildman–Crippen LogP) is 1.88. The third-order valence-corrected chi connectivity index (χ3v) is 1.23. The molecule has 0 heterocycles. The average Bonchev–Trinajstić information content (AvgIpc) is 2.20. The first kappa shape index (κ1) is 12.0. The van der Waals surface area contributed by atoms with Crippen LogP contribution >= 0.6 is 0 Å². The van der Waals surface area contributed by atoms with Crippen LogP contribution in [0.25, 0.3) is 0 Å². The normalized spacial score (nSPS) is 8.36. The third-order valence-electron chi connectivity index (χ3n) is 1.23. The molecule has 0 aromatic heterocycles. The molecule has 0 saturated heterocycles. The van der Waals surface area contributed by atoms with Crippen LogP contribution in [0.4, 0.5) is 5.69 Å². The van der Waals surface area contributed by atoms with Crippen LogP contribution in [0.3, 0.4) is 0 Å². The molecular formula is C8H10N2O4. The Labute approximate surface area is 80.5 Å². The fraction of sp³-hybridized carbons (Fsp3) is 0.250. The van der Waals surface area contributed by atoms with Crippen LogP contribution in [0.5, 0.6) is 0 Å². The van der Waals surface area contributed by atoms with Gasteiger partial charge in [0.2, 0.25) is 6.54 Å². The summed E-state index contributed by atoms with van der Waals surface area (Å²) in [6.45, 7) is 1.53. The molecule has 0 aliphatic rings. The smallest absolute Gasteiger partial charge is 0.265 e. The maximum atomic E-state index is 10.0. The molecule has 1 aromatic rings. The molecule has 0 bridgehead atoms. The quantitative estimate of drug-likeness (QED) is 0.536. The van der Waals surface area contributed by atoms with E-state index in [0.29, 0.717) is 0 Å². The summed E-state index contributed by atoms with van der Waals surface area (Å²) >= 11 is 0. The number of nitro benzene ring substituents is 1. The minimum atomic E-state index is -0.417. The molecule has 1 rings (SSSR count). The molecule has 1 aromatic carbocycles. The lowest BCUT2D eigenvalue weighted by atomic mass is 10.3. The van der Waals surface area contributed by atoms with Crippen LogP contribution in [-0.4, -0.2) is 16.4 Å². The van der Waals surface area contributed by atoms with E-state index in [2.05, 4.69) is 0 Å². The summed E-state index contributed by atoms with van der Waals surface area (Å²) in [5.74, 6) is 0. The molecule has 14 heavy (non-hydrogen) atoms. The highest BCUT2D eigenvalue weighted by Gasteiger charge is 1.98. The fourth-order valence-corrected chi connectivity index (χ4v) is 0.550. The van der Waals surface area contributed by atoms with Crippen LogP contribution in [-0.2, 0) is 0 Å². The minimum Gasteiger partial charge on any atom is -0.265 e. The Hall–Kier alpha value is -1.98. The summed E-state index contributed by atoms with van der Waals surface area (Å²) in [6.07, 6.45) is 0. The lowest BCUT2D eigenvalue weighted by Crippen LogP contribution is -1.92. The molecule has 0 aliphatic carbocycles. The van der Waals surface area contributed by atoms with E-state index < -0.39 is 4.92 Å². The second-order valence-corrected chi connectivity index (χ2v) is 2.24. The fourth-order valence-electron chi connectivity index (χ4n) is 0.550. The first-order valence-electron chi connectivity index (χ1n) is 3.89. The average molecular weight is 198 g/mol. The van der Waals surface area contributed by atoms with Gasteiger partial charge in [0, 0.05) is 24.0 Å². The van der Waals surface area contributed by atoms with E-state index in [4.69, 9.17) is 0 Å². The van der Waals surface area contributed by atoms with Gasteiger partial charge in [-0.15, -0.1) is 0 Å². The van der Waals surface area contributed by atoms with Gasteiger partial charge >= 0.3 is 0 Å². The molecule has 76 valence electrons. The van der Waals surface area contributed by atoms with Crippen molar-refractivity contribution in [3.63, 3.8) is 0 Å². The van der Waals surface area contributed by atoms with Crippen molar-refractivity contribution < 1.29 is 9.85 Å². The van der Waals surface area contributed by atoms with Crippen LogP contribution in [0.15, 0.2) is 30.3 Å². The van der Waals surface area contributed by atoms with Gasteiger partial charge in [-0.05, 0) is 0 Å². The van der Waals surface area contributed by atoms with E-state index in [1.54, 1.807) is 18.2 Å². The largest absolute Gasteiger partial charge is 0.269 e. The number of nitrogens with zero attached hydrogens (tertiary/aromatic N) is 2. The van der Waals surface area contributed by atoms with Gasteiger partial charge in [-0.1, -0.05) is 18.2 Å². The SMILES string of the molecule is CC[N+](=O)[O-].O=[N+]([O-])c1ccccc1. The molecule has 6 nitrogen and oxygen atoms in total. The number of hydrogen-bond acceptors (Lipinski definition) is 4. The van der Waals surface area contributed by atoms with Crippen LogP contribution in [0, 0.1) is 20.2 Å². The van der Waals surface area contributed by atoms with E-state index in [1.807, 2.05) is 0 Å². The summed E-state index contributed by atoms with van der Waals surface area (Å²) in [5, 5.41) is 19.2. The van der Waals surface area contributed by atoms with Crippen molar-refractivity contribution in [2.45, 2.75) is 6.92 Å². The van der Waals surface area contributed by atoms with E-state index in [-0.39, 0.29) is 17.2 Å². The summed E-state index contributed by atoms with van der Waals surface area (Å²) in [6, 6.07) is 7.93. The molecule has 0 aliphatic heterocycles. The van der Waals surface area contributed by atoms with Gasteiger partial charge in [-0.25, -0.2) is 0 Å². The van der Waals surface area contributed by atoms with Crippen molar-refractivity contribution in [2.24, 2.45) is 0 Å². The van der Waals surface area contributed by atoms with Crippen molar-refractivity contribution in [2.75, 3.05) is 6.54 Å². The molecule has 0 atom stereocenters. The Morgan fingerprint density at radius 2 is 1.57 bits per heavy atom. The Kier molecular flexibility index (Phi) is 5.60. The molecule has 0 amide bonds. The summed E-state index contributed by atoms with van der Waals surface area (Å²) in [5.41, 5.74) is 0.137. The monoisotopic (exact) mass is 198 g/mol. The highest BCUT2D eigenvalue weighted by molar-refractivity contribution is 5.27. The Morgan fingerprint density at radius 3 is 1.79 bits per heavy atom. The molecule has 0 N–H and O–H groups in total. The summed E-state index contributed by atoms with van der Waals surface area (Å²) in [7, 11) is 0. The number of hydrogen-bond donors (Lipinski definition) is 0. The van der Waals surface area contributed by atoms with Crippen LogP contribution < -0.4 is 0 Å². The Balaban J connectivity index is 0.000000292. The Morgan fingerprint density at radius 1 is 1.14 bits per heavy atom. The molecule has 6 heteroatoms. The second-order valence-electron chi connectivity index (χ2n) is 2.24. The lowest BCUT2D eigenvalue weighted by Gasteiger charge is -1.85. The minimum absolute atomic E-state index is 0.0278. The first-order chi connectivity index (χ1) is 6.57. The van der Waals surface area contributed by atoms with Crippen molar-refractivity contribution in [1.29, 1.82) is 0 Å². The van der Waals surface area contributed by atoms with Crippen molar-refractivity contribution in [1.82, 2.24) is 0 Å². The summed E-state index contributed by atoms with van der Waals surface area (Å²) < 4.78 is 0. The number of benzene rings is 1. The molecule has 0 fully saturated rings. The van der Waals surface area contributed by atoms with Crippen molar-refractivity contribution in [3.05, 3.63) is 50.6 Å². The van der Waals surface area contributed by atoms with Gasteiger partial charge in [0.05, 0.1) is 4.92 Å². The molecule has 0 saturated carbocycles. The third kappa shape index (κ3) is 5.64. The second kappa shape index (κ2) is 6.53. The van der Waals surface area contributed by atoms with Crippen LogP contribution in [0.1, 0.15) is 6.92 Å². The maximum absolute atomic E-state index is 10.0. The standard InChI is InChI=1S/C6H5NO2.C2H5NO2/c8-7(9)6-4-2-1-3-5-6;1-2-3(4)5/h1-5H;2H2,1H3. The van der Waals surface area contributed by atoms with Gasteiger partial charge < -0.3 is 0 Å². The molecule has 0 radical (unpaired) electrons. The van der Waals surface area contributed by atoms with Crippen LogP contribution in [0.2, 0.25) is 0 Å². The molecular weight excluding hydrogens is 188 g/mol. The van der Waals surface area contributed by atoms with Gasteiger partial charge in [-0.2, -0.15) is 0 Å². The number of nitro groups is 2. The van der Waals surface area contributed by atoms with Crippen molar-refractivity contribution in [3.8, 4) is 0 Å². The molecule has 0 unspecified atom stereocenters. The number of rotatable bonds is 2. The van der Waals surface area contributed by atoms with Gasteiger partial charge in [0.25, 0.3) is 5.69 Å². The first-order valence-corrected chi connectivity index (χ1v) is 3.89.